The minimum absolute atomic E-state index is 0.0217. The molecule has 2 amide bonds. The summed E-state index contributed by atoms with van der Waals surface area (Å²) in [6.07, 6.45) is 2.00. The SMILES string of the molecule is CC(=O)N(CC(=O)O)C1CCCN(C(=O)Cc2ccc([N+](=O)[O-])cc2)CC1. The largest absolute Gasteiger partial charge is 0.480 e. The highest BCUT2D eigenvalue weighted by atomic mass is 16.6. The number of nitrogens with zero attached hydrogens (tertiary/aromatic N) is 3. The maximum absolute atomic E-state index is 12.5. The van der Waals surface area contributed by atoms with E-state index in [1.807, 2.05) is 0 Å². The van der Waals surface area contributed by atoms with Crippen LogP contribution >= 0.6 is 0 Å². The molecule has 0 radical (unpaired) electrons. The molecule has 1 aliphatic rings. The van der Waals surface area contributed by atoms with Crippen LogP contribution in [0.2, 0.25) is 0 Å². The van der Waals surface area contributed by atoms with Gasteiger partial charge in [0.05, 0.1) is 11.3 Å². The normalized spacial score (nSPS) is 17.1. The van der Waals surface area contributed by atoms with E-state index in [0.717, 1.165) is 0 Å². The number of nitro groups is 1. The highest BCUT2D eigenvalue weighted by molar-refractivity contribution is 5.80. The number of hydrogen-bond donors (Lipinski definition) is 1. The van der Waals surface area contributed by atoms with Crippen molar-refractivity contribution in [3.8, 4) is 0 Å². The van der Waals surface area contributed by atoms with E-state index in [4.69, 9.17) is 5.11 Å². The third-order valence-corrected chi connectivity index (χ3v) is 4.70. The lowest BCUT2D eigenvalue weighted by Crippen LogP contribution is -2.43. The van der Waals surface area contributed by atoms with Crippen molar-refractivity contribution in [1.82, 2.24) is 9.80 Å². The summed E-state index contributed by atoms with van der Waals surface area (Å²) in [5, 5.41) is 19.7. The number of carboxylic acids is 1. The molecule has 9 nitrogen and oxygen atoms in total. The van der Waals surface area contributed by atoms with Gasteiger partial charge in [0.25, 0.3) is 5.69 Å². The smallest absolute Gasteiger partial charge is 0.323 e. The Morgan fingerprint density at radius 3 is 2.44 bits per heavy atom. The quantitative estimate of drug-likeness (QED) is 0.592. The summed E-state index contributed by atoms with van der Waals surface area (Å²) < 4.78 is 0. The monoisotopic (exact) mass is 377 g/mol. The number of non-ortho nitro benzene ring substituents is 1. The van der Waals surface area contributed by atoms with Crippen LogP contribution in [0.25, 0.3) is 0 Å². The molecular formula is C18H23N3O6. The second-order valence-corrected chi connectivity index (χ2v) is 6.61. The number of amides is 2. The van der Waals surface area contributed by atoms with Gasteiger partial charge in [-0.1, -0.05) is 12.1 Å². The van der Waals surface area contributed by atoms with Crippen LogP contribution in [0.5, 0.6) is 0 Å². The van der Waals surface area contributed by atoms with E-state index >= 15 is 0 Å². The van der Waals surface area contributed by atoms with Gasteiger partial charge in [0.15, 0.2) is 0 Å². The summed E-state index contributed by atoms with van der Waals surface area (Å²) in [4.78, 5) is 48.5. The molecule has 1 saturated heterocycles. The van der Waals surface area contributed by atoms with Gasteiger partial charge in [-0.3, -0.25) is 24.5 Å². The first-order valence-corrected chi connectivity index (χ1v) is 8.78. The van der Waals surface area contributed by atoms with E-state index in [1.54, 1.807) is 17.0 Å². The molecule has 0 aliphatic carbocycles. The molecule has 9 heteroatoms. The molecule has 146 valence electrons. The predicted octanol–water partition coefficient (Wildman–Crippen LogP) is 1.45. The molecule has 0 aromatic heterocycles. The van der Waals surface area contributed by atoms with Crippen molar-refractivity contribution >= 4 is 23.5 Å². The number of benzene rings is 1. The fourth-order valence-corrected chi connectivity index (χ4v) is 3.31. The van der Waals surface area contributed by atoms with E-state index in [0.29, 0.717) is 37.9 Å². The zero-order chi connectivity index (χ0) is 20.0. The zero-order valence-corrected chi connectivity index (χ0v) is 15.2. The maximum atomic E-state index is 12.5. The Morgan fingerprint density at radius 2 is 1.89 bits per heavy atom. The van der Waals surface area contributed by atoms with Gasteiger partial charge < -0.3 is 14.9 Å². The summed E-state index contributed by atoms with van der Waals surface area (Å²) >= 11 is 0. The van der Waals surface area contributed by atoms with Crippen molar-refractivity contribution in [2.24, 2.45) is 0 Å². The Balaban J connectivity index is 1.96. The Hall–Kier alpha value is -2.97. The van der Waals surface area contributed by atoms with Crippen LogP contribution in [0.3, 0.4) is 0 Å². The third-order valence-electron chi connectivity index (χ3n) is 4.70. The van der Waals surface area contributed by atoms with Crippen LogP contribution in [-0.4, -0.2) is 63.3 Å². The number of likely N-dealkylation sites (tertiary alicyclic amines) is 1. The lowest BCUT2D eigenvalue weighted by molar-refractivity contribution is -0.384. The number of carbonyl (C=O) groups is 3. The third kappa shape index (κ3) is 5.77. The van der Waals surface area contributed by atoms with E-state index in [2.05, 4.69) is 0 Å². The van der Waals surface area contributed by atoms with Crippen LogP contribution in [-0.2, 0) is 20.8 Å². The molecule has 1 heterocycles. The van der Waals surface area contributed by atoms with E-state index in [1.165, 1.54) is 24.0 Å². The number of aliphatic carboxylic acids is 1. The van der Waals surface area contributed by atoms with Crippen LogP contribution in [0.4, 0.5) is 5.69 Å². The number of rotatable bonds is 6. The van der Waals surface area contributed by atoms with Crippen molar-refractivity contribution in [1.29, 1.82) is 0 Å². The minimum Gasteiger partial charge on any atom is -0.480 e. The first-order valence-electron chi connectivity index (χ1n) is 8.78. The Morgan fingerprint density at radius 1 is 1.22 bits per heavy atom. The van der Waals surface area contributed by atoms with E-state index in [-0.39, 0.29) is 36.5 Å². The van der Waals surface area contributed by atoms with Crippen molar-refractivity contribution in [2.45, 2.75) is 38.6 Å². The van der Waals surface area contributed by atoms with Crippen LogP contribution in [0.1, 0.15) is 31.7 Å². The molecule has 1 N–H and O–H groups in total. The average Bonchev–Trinajstić information content (AvgIpc) is 2.85. The van der Waals surface area contributed by atoms with Gasteiger partial charge in [0.2, 0.25) is 11.8 Å². The molecule has 1 atom stereocenters. The first-order chi connectivity index (χ1) is 12.8. The van der Waals surface area contributed by atoms with Gasteiger partial charge in [-0.2, -0.15) is 0 Å². The standard InChI is InChI=1S/C18H23N3O6/c1-13(22)20(12-18(24)25)15-3-2-9-19(10-8-15)17(23)11-14-4-6-16(7-5-14)21(26)27/h4-7,15H,2-3,8-12H2,1H3,(H,24,25). The summed E-state index contributed by atoms with van der Waals surface area (Å²) in [6, 6.07) is 5.69. The number of carbonyl (C=O) groups excluding carboxylic acids is 2. The number of hydrogen-bond acceptors (Lipinski definition) is 5. The summed E-state index contributed by atoms with van der Waals surface area (Å²) in [6.45, 7) is 2.00. The topological polar surface area (TPSA) is 121 Å². The van der Waals surface area contributed by atoms with Gasteiger partial charge in [-0.15, -0.1) is 0 Å². The molecule has 1 fully saturated rings. The van der Waals surface area contributed by atoms with Crippen molar-refractivity contribution in [2.75, 3.05) is 19.6 Å². The molecule has 27 heavy (non-hydrogen) atoms. The summed E-state index contributed by atoms with van der Waals surface area (Å²) in [5.74, 6) is -1.43. The van der Waals surface area contributed by atoms with E-state index in [9.17, 15) is 24.5 Å². The fraction of sp³-hybridized carbons (Fsp3) is 0.500. The van der Waals surface area contributed by atoms with Gasteiger partial charge in [0, 0.05) is 38.2 Å². The molecular weight excluding hydrogens is 354 g/mol. The van der Waals surface area contributed by atoms with Crippen molar-refractivity contribution in [3.05, 3.63) is 39.9 Å². The van der Waals surface area contributed by atoms with Gasteiger partial charge in [0.1, 0.15) is 6.54 Å². The molecule has 1 aromatic carbocycles. The second kappa shape index (κ2) is 9.11. The van der Waals surface area contributed by atoms with E-state index < -0.39 is 10.9 Å². The molecule has 0 saturated carbocycles. The number of nitro benzene ring substituents is 1. The predicted molar refractivity (Wildman–Crippen MR) is 96.0 cm³/mol. The highest BCUT2D eigenvalue weighted by Gasteiger charge is 2.27. The van der Waals surface area contributed by atoms with Gasteiger partial charge >= 0.3 is 5.97 Å². The van der Waals surface area contributed by atoms with Crippen molar-refractivity contribution < 1.29 is 24.4 Å². The Bertz CT molecular complexity index is 718. The average molecular weight is 377 g/mol. The van der Waals surface area contributed by atoms with Gasteiger partial charge in [-0.25, -0.2) is 0 Å². The molecule has 2 rings (SSSR count). The Kier molecular flexibility index (Phi) is 6.86. The van der Waals surface area contributed by atoms with Crippen molar-refractivity contribution in [3.63, 3.8) is 0 Å². The highest BCUT2D eigenvalue weighted by Crippen LogP contribution is 2.19. The maximum Gasteiger partial charge on any atom is 0.323 e. The van der Waals surface area contributed by atoms with Crippen LogP contribution in [0.15, 0.2) is 24.3 Å². The number of carboxylic acid groups (broad SMARTS) is 1. The lowest BCUT2D eigenvalue weighted by Gasteiger charge is -2.28. The van der Waals surface area contributed by atoms with Gasteiger partial charge in [-0.05, 0) is 24.8 Å². The molecule has 1 aliphatic heterocycles. The zero-order valence-electron chi connectivity index (χ0n) is 15.2. The fourth-order valence-electron chi connectivity index (χ4n) is 3.31. The summed E-state index contributed by atoms with van der Waals surface area (Å²) in [7, 11) is 0. The van der Waals surface area contributed by atoms with Crippen LogP contribution < -0.4 is 0 Å². The lowest BCUT2D eigenvalue weighted by atomic mass is 10.1. The minimum atomic E-state index is -1.06. The summed E-state index contributed by atoms with van der Waals surface area (Å²) in [5.41, 5.74) is 0.675. The van der Waals surface area contributed by atoms with Crippen LogP contribution in [0, 0.1) is 10.1 Å². The molecule has 1 aromatic rings. The molecule has 1 unspecified atom stereocenters. The second-order valence-electron chi connectivity index (χ2n) is 6.61. The Labute approximate surface area is 156 Å². The molecule has 0 spiro atoms. The molecule has 0 bridgehead atoms. The first kappa shape index (κ1) is 20.3.